The van der Waals surface area contributed by atoms with Crippen molar-refractivity contribution in [3.63, 3.8) is 0 Å². The molecule has 5 atom stereocenters. The Hall–Kier alpha value is -0.0800. The van der Waals surface area contributed by atoms with Crippen molar-refractivity contribution in [3.05, 3.63) is 0 Å². The molecule has 1 heterocycles. The van der Waals surface area contributed by atoms with E-state index in [1.165, 1.54) is 32.2 Å². The molecule has 2 aliphatic rings. The number of hydrogen-bond donors (Lipinski definition) is 1. The first-order valence-electron chi connectivity index (χ1n) is 8.01. The van der Waals surface area contributed by atoms with Crippen molar-refractivity contribution in [2.45, 2.75) is 77.9 Å². The van der Waals surface area contributed by atoms with E-state index in [9.17, 15) is 0 Å². The molecule has 2 heteroatoms. The molecule has 0 bridgehead atoms. The van der Waals surface area contributed by atoms with Crippen LogP contribution in [0.4, 0.5) is 0 Å². The van der Waals surface area contributed by atoms with Crippen molar-refractivity contribution in [1.82, 2.24) is 10.2 Å². The Morgan fingerprint density at radius 2 is 1.94 bits per heavy atom. The third kappa shape index (κ3) is 2.60. The fourth-order valence-corrected chi connectivity index (χ4v) is 4.08. The average Bonchev–Trinajstić information content (AvgIpc) is 2.74. The van der Waals surface area contributed by atoms with Crippen LogP contribution in [0.2, 0.25) is 0 Å². The molecule has 0 radical (unpaired) electrons. The molecule has 2 fully saturated rings. The SMILES string of the molecule is CCC1CCC(N2CC(C)(CC)NCC2C)C1C. The van der Waals surface area contributed by atoms with Gasteiger partial charge in [-0.2, -0.15) is 0 Å². The minimum absolute atomic E-state index is 0.330. The van der Waals surface area contributed by atoms with E-state index in [1.807, 2.05) is 0 Å². The Kier molecular flexibility index (Phi) is 4.38. The smallest absolute Gasteiger partial charge is 0.0278 e. The lowest BCUT2D eigenvalue weighted by Gasteiger charge is -2.48. The van der Waals surface area contributed by atoms with E-state index in [1.54, 1.807) is 0 Å². The van der Waals surface area contributed by atoms with Gasteiger partial charge in [-0.15, -0.1) is 0 Å². The molecule has 1 aliphatic heterocycles. The van der Waals surface area contributed by atoms with E-state index < -0.39 is 0 Å². The van der Waals surface area contributed by atoms with Gasteiger partial charge < -0.3 is 5.32 Å². The molecule has 18 heavy (non-hydrogen) atoms. The van der Waals surface area contributed by atoms with E-state index in [4.69, 9.17) is 0 Å². The maximum Gasteiger partial charge on any atom is 0.0278 e. The Balaban J connectivity index is 2.07. The van der Waals surface area contributed by atoms with Gasteiger partial charge in [-0.25, -0.2) is 0 Å². The van der Waals surface area contributed by atoms with E-state index in [0.717, 1.165) is 24.4 Å². The van der Waals surface area contributed by atoms with Crippen LogP contribution in [0.25, 0.3) is 0 Å². The first kappa shape index (κ1) is 14.3. The normalized spacial score (nSPS) is 46.5. The lowest BCUT2D eigenvalue weighted by molar-refractivity contribution is 0.0367. The maximum atomic E-state index is 3.75. The number of piperazine rings is 1. The molecule has 106 valence electrons. The molecule has 1 saturated carbocycles. The van der Waals surface area contributed by atoms with Crippen LogP contribution in [-0.2, 0) is 0 Å². The minimum Gasteiger partial charge on any atom is -0.309 e. The molecule has 0 aromatic carbocycles. The highest BCUT2D eigenvalue weighted by Gasteiger charge is 2.41. The van der Waals surface area contributed by atoms with Gasteiger partial charge in [0.05, 0.1) is 0 Å². The molecular weight excluding hydrogens is 220 g/mol. The fourth-order valence-electron chi connectivity index (χ4n) is 4.08. The van der Waals surface area contributed by atoms with E-state index in [2.05, 4.69) is 44.8 Å². The average molecular weight is 252 g/mol. The largest absolute Gasteiger partial charge is 0.309 e. The van der Waals surface area contributed by atoms with E-state index >= 15 is 0 Å². The third-order valence-corrected chi connectivity index (χ3v) is 5.84. The van der Waals surface area contributed by atoms with Crippen molar-refractivity contribution in [2.24, 2.45) is 11.8 Å². The second-order valence-electron chi connectivity index (χ2n) is 6.99. The predicted molar refractivity (Wildman–Crippen MR) is 78.8 cm³/mol. The van der Waals surface area contributed by atoms with Gasteiger partial charge in [0, 0.05) is 30.7 Å². The molecule has 5 unspecified atom stereocenters. The van der Waals surface area contributed by atoms with Gasteiger partial charge in [-0.1, -0.05) is 27.2 Å². The molecule has 0 amide bonds. The fraction of sp³-hybridized carbons (Fsp3) is 1.00. The lowest BCUT2D eigenvalue weighted by atomic mass is 9.88. The highest BCUT2D eigenvalue weighted by atomic mass is 15.3. The maximum absolute atomic E-state index is 3.75. The predicted octanol–water partition coefficient (Wildman–Crippen LogP) is 3.27. The molecule has 0 aromatic rings. The minimum atomic E-state index is 0.330. The first-order valence-corrected chi connectivity index (χ1v) is 8.01. The standard InChI is InChI=1S/C16H32N2/c1-6-14-8-9-15(13(14)4)18-11-16(5,7-2)17-10-12(18)3/h12-15,17H,6-11H2,1-5H3. The topological polar surface area (TPSA) is 15.3 Å². The van der Waals surface area contributed by atoms with Crippen LogP contribution in [0.1, 0.15) is 60.3 Å². The van der Waals surface area contributed by atoms with Gasteiger partial charge in [0.25, 0.3) is 0 Å². The summed E-state index contributed by atoms with van der Waals surface area (Å²) in [4.78, 5) is 2.82. The number of rotatable bonds is 3. The Morgan fingerprint density at radius 1 is 1.22 bits per heavy atom. The molecule has 1 N–H and O–H groups in total. The van der Waals surface area contributed by atoms with Crippen LogP contribution in [0.15, 0.2) is 0 Å². The second kappa shape index (κ2) is 5.50. The Morgan fingerprint density at radius 3 is 2.50 bits per heavy atom. The van der Waals surface area contributed by atoms with E-state index in [-0.39, 0.29) is 0 Å². The van der Waals surface area contributed by atoms with Gasteiger partial charge in [0.2, 0.25) is 0 Å². The van der Waals surface area contributed by atoms with E-state index in [0.29, 0.717) is 11.6 Å². The number of nitrogens with zero attached hydrogens (tertiary/aromatic N) is 1. The van der Waals surface area contributed by atoms with Crippen molar-refractivity contribution >= 4 is 0 Å². The van der Waals surface area contributed by atoms with Crippen LogP contribution >= 0.6 is 0 Å². The summed E-state index contributed by atoms with van der Waals surface area (Å²) in [6.45, 7) is 14.3. The van der Waals surface area contributed by atoms with Crippen molar-refractivity contribution in [3.8, 4) is 0 Å². The zero-order chi connectivity index (χ0) is 13.3. The summed E-state index contributed by atoms with van der Waals surface area (Å²) in [6.07, 6.45) is 5.46. The summed E-state index contributed by atoms with van der Waals surface area (Å²) in [5.74, 6) is 1.85. The summed E-state index contributed by atoms with van der Waals surface area (Å²) < 4.78 is 0. The molecule has 2 rings (SSSR count). The van der Waals surface area contributed by atoms with Gasteiger partial charge in [-0.05, 0) is 44.9 Å². The summed E-state index contributed by atoms with van der Waals surface area (Å²) in [7, 11) is 0. The Bertz CT molecular complexity index is 278. The number of nitrogens with one attached hydrogen (secondary N) is 1. The van der Waals surface area contributed by atoms with Crippen molar-refractivity contribution in [2.75, 3.05) is 13.1 Å². The van der Waals surface area contributed by atoms with Crippen LogP contribution in [0.5, 0.6) is 0 Å². The zero-order valence-electron chi connectivity index (χ0n) is 13.0. The molecular formula is C16H32N2. The monoisotopic (exact) mass is 252 g/mol. The highest BCUT2D eigenvalue weighted by Crippen LogP contribution is 2.39. The lowest BCUT2D eigenvalue weighted by Crippen LogP contribution is -2.64. The zero-order valence-corrected chi connectivity index (χ0v) is 13.0. The summed E-state index contributed by atoms with van der Waals surface area (Å²) in [6, 6.07) is 1.53. The summed E-state index contributed by atoms with van der Waals surface area (Å²) in [5, 5.41) is 3.75. The molecule has 0 aromatic heterocycles. The van der Waals surface area contributed by atoms with Crippen LogP contribution in [-0.4, -0.2) is 35.6 Å². The Labute approximate surface area is 114 Å². The van der Waals surface area contributed by atoms with Crippen molar-refractivity contribution < 1.29 is 0 Å². The molecule has 2 nitrogen and oxygen atoms in total. The van der Waals surface area contributed by atoms with Crippen LogP contribution < -0.4 is 5.32 Å². The van der Waals surface area contributed by atoms with Crippen molar-refractivity contribution in [1.29, 1.82) is 0 Å². The molecule has 0 spiro atoms. The van der Waals surface area contributed by atoms with Crippen LogP contribution in [0, 0.1) is 11.8 Å². The van der Waals surface area contributed by atoms with Gasteiger partial charge in [-0.3, -0.25) is 4.90 Å². The quantitative estimate of drug-likeness (QED) is 0.829. The van der Waals surface area contributed by atoms with Gasteiger partial charge in [0.1, 0.15) is 0 Å². The second-order valence-corrected chi connectivity index (χ2v) is 6.99. The summed E-state index contributed by atoms with van der Waals surface area (Å²) >= 11 is 0. The highest BCUT2D eigenvalue weighted by molar-refractivity contribution is 4.99. The van der Waals surface area contributed by atoms with Crippen LogP contribution in [0.3, 0.4) is 0 Å². The van der Waals surface area contributed by atoms with Gasteiger partial charge >= 0.3 is 0 Å². The molecule has 1 saturated heterocycles. The third-order valence-electron chi connectivity index (χ3n) is 5.84. The number of hydrogen-bond acceptors (Lipinski definition) is 2. The van der Waals surface area contributed by atoms with Gasteiger partial charge in [0.15, 0.2) is 0 Å². The summed E-state index contributed by atoms with van der Waals surface area (Å²) in [5.41, 5.74) is 0.330. The first-order chi connectivity index (χ1) is 8.50. The molecule has 1 aliphatic carbocycles.